The molecule has 10 heteroatoms. The van der Waals surface area contributed by atoms with Crippen LogP contribution < -0.4 is 24.8 Å². The highest BCUT2D eigenvalue weighted by atomic mass is 127. The average Bonchev–Trinajstić information content (AvgIpc) is 3.31. The number of nitrogens with zero attached hydrogens (tertiary/aromatic N) is 4. The Kier molecular flexibility index (Phi) is 8.15. The fraction of sp³-hybridized carbons (Fsp3) is 0.500. The maximum absolute atomic E-state index is 5.40. The fourth-order valence-corrected chi connectivity index (χ4v) is 3.15. The van der Waals surface area contributed by atoms with Crippen LogP contribution in [0.4, 0.5) is 0 Å². The molecule has 9 nitrogen and oxygen atoms in total. The molecule has 0 atom stereocenters. The maximum atomic E-state index is 5.40. The largest absolute Gasteiger partial charge is 0.493 e. The molecule has 2 N–H and O–H groups in total. The molecule has 2 aromatic rings. The molecule has 0 spiro atoms. The molecule has 0 saturated carbocycles. The maximum Gasteiger partial charge on any atom is 0.203 e. The second-order valence-electron chi connectivity index (χ2n) is 6.10. The number of guanidine groups is 1. The summed E-state index contributed by atoms with van der Waals surface area (Å²) in [6.45, 7) is 2.10. The third-order valence-corrected chi connectivity index (χ3v) is 4.51. The van der Waals surface area contributed by atoms with Gasteiger partial charge in [0.05, 0.1) is 27.9 Å². The number of fused-ring (bicyclic) bond motifs is 1. The molecular formula is C18H27IN6O3. The summed E-state index contributed by atoms with van der Waals surface area (Å²) in [7, 11) is 6.53. The average molecular weight is 502 g/mol. The highest BCUT2D eigenvalue weighted by molar-refractivity contribution is 14.0. The topological polar surface area (TPSA) is 94.8 Å². The van der Waals surface area contributed by atoms with Crippen LogP contribution in [0, 0.1) is 0 Å². The molecule has 3 rings (SSSR count). The van der Waals surface area contributed by atoms with Gasteiger partial charge >= 0.3 is 0 Å². The minimum Gasteiger partial charge on any atom is -0.493 e. The quantitative estimate of drug-likeness (QED) is 0.339. The van der Waals surface area contributed by atoms with Gasteiger partial charge in [0.1, 0.15) is 5.82 Å². The highest BCUT2D eigenvalue weighted by Gasteiger charge is 2.17. The summed E-state index contributed by atoms with van der Waals surface area (Å²) in [5.74, 6) is 4.49. The van der Waals surface area contributed by atoms with Gasteiger partial charge in [-0.15, -0.1) is 34.2 Å². The van der Waals surface area contributed by atoms with E-state index < -0.39 is 0 Å². The summed E-state index contributed by atoms with van der Waals surface area (Å²) in [5, 5.41) is 15.0. The van der Waals surface area contributed by atoms with Crippen LogP contribution in [0.3, 0.4) is 0 Å². The first-order valence-corrected chi connectivity index (χ1v) is 8.84. The zero-order chi connectivity index (χ0) is 19.2. The van der Waals surface area contributed by atoms with Crippen LogP contribution in [-0.2, 0) is 26.1 Å². The second kappa shape index (κ2) is 10.3. The van der Waals surface area contributed by atoms with Crippen molar-refractivity contribution < 1.29 is 14.2 Å². The van der Waals surface area contributed by atoms with Crippen LogP contribution >= 0.6 is 24.0 Å². The number of aryl methyl sites for hydroxylation is 1. The van der Waals surface area contributed by atoms with Gasteiger partial charge in [0, 0.05) is 26.6 Å². The van der Waals surface area contributed by atoms with E-state index in [9.17, 15) is 0 Å². The third kappa shape index (κ3) is 4.78. The molecule has 28 heavy (non-hydrogen) atoms. The number of rotatable bonds is 7. The Balaban J connectivity index is 0.00000280. The standard InChI is InChI=1S/C18H26N6O3.HI/c1-19-18(21-11-16-23-22-15-6-5-7-24(15)16)20-10-12-8-13(25-2)17(27-4)14(9-12)26-3;/h8-9H,5-7,10-11H2,1-4H3,(H2,19,20,21);1H. The van der Waals surface area contributed by atoms with Gasteiger partial charge in [-0.1, -0.05) is 0 Å². The van der Waals surface area contributed by atoms with Gasteiger partial charge in [0.15, 0.2) is 23.3 Å². The molecule has 0 unspecified atom stereocenters. The van der Waals surface area contributed by atoms with Crippen molar-refractivity contribution in [1.82, 2.24) is 25.4 Å². The number of hydrogen-bond donors (Lipinski definition) is 2. The van der Waals surface area contributed by atoms with E-state index in [4.69, 9.17) is 14.2 Å². The Hall–Kier alpha value is -2.24. The summed E-state index contributed by atoms with van der Waals surface area (Å²) >= 11 is 0. The lowest BCUT2D eigenvalue weighted by molar-refractivity contribution is 0.323. The Morgan fingerprint density at radius 3 is 2.36 bits per heavy atom. The molecule has 154 valence electrons. The number of methoxy groups -OCH3 is 3. The van der Waals surface area contributed by atoms with E-state index >= 15 is 0 Å². The van der Waals surface area contributed by atoms with Crippen molar-refractivity contribution in [2.75, 3.05) is 28.4 Å². The van der Waals surface area contributed by atoms with Crippen LogP contribution in [0.25, 0.3) is 0 Å². The molecule has 1 aromatic carbocycles. The molecule has 0 radical (unpaired) electrons. The Labute approximate surface area is 181 Å². The molecule has 1 aliphatic rings. The lowest BCUT2D eigenvalue weighted by Gasteiger charge is -2.16. The minimum absolute atomic E-state index is 0. The number of nitrogens with one attached hydrogen (secondary N) is 2. The van der Waals surface area contributed by atoms with Gasteiger partial charge in [0.25, 0.3) is 0 Å². The summed E-state index contributed by atoms with van der Waals surface area (Å²) in [5.41, 5.74) is 0.982. The molecule has 0 fully saturated rings. The normalized spacial score (nSPS) is 12.8. The molecule has 0 amide bonds. The smallest absolute Gasteiger partial charge is 0.203 e. The van der Waals surface area contributed by atoms with Gasteiger partial charge in [-0.2, -0.15) is 0 Å². The fourth-order valence-electron chi connectivity index (χ4n) is 3.15. The number of ether oxygens (including phenoxy) is 3. The lowest BCUT2D eigenvalue weighted by atomic mass is 10.2. The summed E-state index contributed by atoms with van der Waals surface area (Å²) in [6.07, 6.45) is 2.13. The van der Waals surface area contributed by atoms with Crippen molar-refractivity contribution in [1.29, 1.82) is 0 Å². The Morgan fingerprint density at radius 1 is 1.07 bits per heavy atom. The van der Waals surface area contributed by atoms with Crippen LogP contribution in [0.5, 0.6) is 17.2 Å². The van der Waals surface area contributed by atoms with Crippen molar-refractivity contribution in [3.8, 4) is 17.2 Å². The van der Waals surface area contributed by atoms with Gasteiger partial charge in [-0.05, 0) is 24.1 Å². The van der Waals surface area contributed by atoms with E-state index in [1.54, 1.807) is 28.4 Å². The van der Waals surface area contributed by atoms with Gasteiger partial charge in [-0.3, -0.25) is 4.99 Å². The SMILES string of the molecule is CN=C(NCc1cc(OC)c(OC)c(OC)c1)NCc1nnc2n1CCC2.I. The lowest BCUT2D eigenvalue weighted by Crippen LogP contribution is -2.37. The first-order chi connectivity index (χ1) is 13.2. The van der Waals surface area contributed by atoms with Gasteiger partial charge < -0.3 is 29.4 Å². The second-order valence-corrected chi connectivity index (χ2v) is 6.10. The third-order valence-electron chi connectivity index (χ3n) is 4.51. The molecule has 1 aromatic heterocycles. The van der Waals surface area contributed by atoms with Crippen LogP contribution in [0.15, 0.2) is 17.1 Å². The van der Waals surface area contributed by atoms with E-state index in [0.29, 0.717) is 36.3 Å². The predicted octanol–water partition coefficient (Wildman–Crippen LogP) is 1.73. The zero-order valence-electron chi connectivity index (χ0n) is 16.6. The molecule has 1 aliphatic heterocycles. The summed E-state index contributed by atoms with van der Waals surface area (Å²) in [4.78, 5) is 4.26. The van der Waals surface area contributed by atoms with E-state index in [0.717, 1.165) is 36.6 Å². The molecule has 0 bridgehead atoms. The van der Waals surface area contributed by atoms with Crippen molar-refractivity contribution in [2.45, 2.75) is 32.5 Å². The number of aromatic nitrogens is 3. The van der Waals surface area contributed by atoms with Gasteiger partial charge in [-0.25, -0.2) is 0 Å². The Morgan fingerprint density at radius 2 is 1.75 bits per heavy atom. The van der Waals surface area contributed by atoms with Crippen molar-refractivity contribution >= 4 is 29.9 Å². The number of aliphatic imine (C=N–C) groups is 1. The first-order valence-electron chi connectivity index (χ1n) is 8.84. The molecule has 0 saturated heterocycles. The monoisotopic (exact) mass is 502 g/mol. The van der Waals surface area contributed by atoms with Gasteiger partial charge in [0.2, 0.25) is 5.75 Å². The van der Waals surface area contributed by atoms with E-state index in [2.05, 4.69) is 30.4 Å². The van der Waals surface area contributed by atoms with Crippen molar-refractivity contribution in [3.63, 3.8) is 0 Å². The molecular weight excluding hydrogens is 475 g/mol. The minimum atomic E-state index is 0. The highest BCUT2D eigenvalue weighted by Crippen LogP contribution is 2.38. The number of benzene rings is 1. The summed E-state index contributed by atoms with van der Waals surface area (Å²) < 4.78 is 18.3. The van der Waals surface area contributed by atoms with Crippen molar-refractivity contribution in [3.05, 3.63) is 29.3 Å². The molecule has 2 heterocycles. The van der Waals surface area contributed by atoms with Crippen molar-refractivity contribution in [2.24, 2.45) is 4.99 Å². The zero-order valence-corrected chi connectivity index (χ0v) is 18.9. The van der Waals surface area contributed by atoms with E-state index in [-0.39, 0.29) is 24.0 Å². The predicted molar refractivity (Wildman–Crippen MR) is 117 cm³/mol. The van der Waals surface area contributed by atoms with E-state index in [1.807, 2.05) is 12.1 Å². The van der Waals surface area contributed by atoms with Crippen LogP contribution in [-0.4, -0.2) is 49.1 Å². The number of halogens is 1. The summed E-state index contributed by atoms with van der Waals surface area (Å²) in [6, 6.07) is 3.82. The molecule has 0 aliphatic carbocycles. The first kappa shape index (κ1) is 22.1. The number of hydrogen-bond acceptors (Lipinski definition) is 6. The Bertz CT molecular complexity index is 799. The van der Waals surface area contributed by atoms with Crippen LogP contribution in [0.1, 0.15) is 23.6 Å². The van der Waals surface area contributed by atoms with E-state index in [1.165, 1.54) is 0 Å². The van der Waals surface area contributed by atoms with Crippen LogP contribution in [0.2, 0.25) is 0 Å².